The fourth-order valence-corrected chi connectivity index (χ4v) is 6.21. The summed E-state index contributed by atoms with van der Waals surface area (Å²) in [6.45, 7) is 5.81. The van der Waals surface area contributed by atoms with Crippen LogP contribution in [-0.4, -0.2) is 40.6 Å². The maximum atomic E-state index is 13.4. The number of nitrogens with one attached hydrogen (secondary N) is 1. The molecule has 1 saturated heterocycles. The van der Waals surface area contributed by atoms with Gasteiger partial charge in [-0.3, -0.25) is 4.79 Å². The van der Waals surface area contributed by atoms with Crippen LogP contribution in [0.3, 0.4) is 0 Å². The van der Waals surface area contributed by atoms with E-state index in [-0.39, 0.29) is 23.5 Å². The maximum absolute atomic E-state index is 13.4. The lowest BCUT2D eigenvalue weighted by molar-refractivity contribution is 0.102. The number of carbonyl (C=O) groups excluding carboxylic acids is 1. The van der Waals surface area contributed by atoms with Crippen molar-refractivity contribution in [3.8, 4) is 0 Å². The normalized spacial score (nSPS) is 20.3. The Labute approximate surface area is 181 Å². The molecule has 0 spiro atoms. The van der Waals surface area contributed by atoms with Crippen LogP contribution in [-0.2, 0) is 9.84 Å². The highest BCUT2D eigenvalue weighted by Crippen LogP contribution is 2.41. The lowest BCUT2D eigenvalue weighted by Crippen LogP contribution is -2.16. The van der Waals surface area contributed by atoms with Gasteiger partial charge in [-0.05, 0) is 57.2 Å². The van der Waals surface area contributed by atoms with Gasteiger partial charge in [0.05, 0.1) is 34.2 Å². The molecule has 3 heterocycles. The van der Waals surface area contributed by atoms with Crippen LogP contribution in [0.4, 0.5) is 5.69 Å². The first-order valence-electron chi connectivity index (χ1n) is 10.7. The van der Waals surface area contributed by atoms with Crippen molar-refractivity contribution in [1.82, 2.24) is 14.8 Å². The molecule has 0 radical (unpaired) electrons. The Morgan fingerprint density at radius 2 is 1.84 bits per heavy atom. The lowest BCUT2D eigenvalue weighted by atomic mass is 10.1. The lowest BCUT2D eigenvalue weighted by Gasteiger charge is -2.14. The number of amides is 1. The molecule has 2 fully saturated rings. The van der Waals surface area contributed by atoms with Crippen molar-refractivity contribution in [2.45, 2.75) is 52.0 Å². The smallest absolute Gasteiger partial charge is 0.256 e. The van der Waals surface area contributed by atoms with Crippen LogP contribution < -0.4 is 5.32 Å². The number of hydrogen-bond donors (Lipinski definition) is 1. The summed E-state index contributed by atoms with van der Waals surface area (Å²) in [5.74, 6) is 0.406. The second kappa shape index (κ2) is 7.15. The number of aromatic nitrogens is 3. The number of rotatable bonds is 4. The summed E-state index contributed by atoms with van der Waals surface area (Å²) in [5, 5.41) is 8.45. The van der Waals surface area contributed by atoms with Crippen LogP contribution in [0.15, 0.2) is 24.3 Å². The van der Waals surface area contributed by atoms with E-state index in [1.807, 2.05) is 45.0 Å². The summed E-state index contributed by atoms with van der Waals surface area (Å²) >= 11 is 0. The van der Waals surface area contributed by atoms with Gasteiger partial charge in [0.1, 0.15) is 0 Å². The maximum Gasteiger partial charge on any atom is 0.256 e. The second-order valence-electron chi connectivity index (χ2n) is 8.88. The zero-order valence-corrected chi connectivity index (χ0v) is 18.8. The summed E-state index contributed by atoms with van der Waals surface area (Å²) < 4.78 is 25.9. The van der Waals surface area contributed by atoms with E-state index in [2.05, 4.69) is 10.4 Å². The number of anilines is 1. The van der Waals surface area contributed by atoms with Gasteiger partial charge in [-0.1, -0.05) is 18.2 Å². The monoisotopic (exact) mass is 438 g/mol. The first-order chi connectivity index (χ1) is 14.7. The predicted octanol–water partition coefficient (Wildman–Crippen LogP) is 3.85. The van der Waals surface area contributed by atoms with Crippen molar-refractivity contribution < 1.29 is 13.2 Å². The molecular formula is C23H26N4O3S. The van der Waals surface area contributed by atoms with Gasteiger partial charge in [-0.2, -0.15) is 5.10 Å². The molecule has 2 aromatic heterocycles. The SMILES string of the molecule is Cc1cccc(C)c1NC(=O)c1cc(C2CC2)nc2c1c(C)nn2[C@@H]1CCS(=O)(=O)C1. The molecule has 2 aliphatic rings. The van der Waals surface area contributed by atoms with Gasteiger partial charge >= 0.3 is 0 Å². The molecule has 1 aliphatic carbocycles. The Kier molecular flexibility index (Phi) is 4.66. The number of pyridine rings is 1. The summed E-state index contributed by atoms with van der Waals surface area (Å²) in [6.07, 6.45) is 2.64. The van der Waals surface area contributed by atoms with Gasteiger partial charge in [0.2, 0.25) is 0 Å². The molecular weight excluding hydrogens is 412 g/mol. The average molecular weight is 439 g/mol. The predicted molar refractivity (Wildman–Crippen MR) is 120 cm³/mol. The number of nitrogens with zero attached hydrogens (tertiary/aromatic N) is 3. The van der Waals surface area contributed by atoms with Crippen molar-refractivity contribution in [2.75, 3.05) is 16.8 Å². The molecule has 7 nitrogen and oxygen atoms in total. The Morgan fingerprint density at radius 1 is 1.13 bits per heavy atom. The van der Waals surface area contributed by atoms with Crippen molar-refractivity contribution in [1.29, 1.82) is 0 Å². The first-order valence-corrected chi connectivity index (χ1v) is 12.5. The average Bonchev–Trinajstić information content (AvgIpc) is 3.43. The van der Waals surface area contributed by atoms with Gasteiger partial charge in [0.15, 0.2) is 15.5 Å². The summed E-state index contributed by atoms with van der Waals surface area (Å²) in [7, 11) is -3.06. The van der Waals surface area contributed by atoms with Gasteiger partial charge in [-0.15, -0.1) is 0 Å². The summed E-state index contributed by atoms with van der Waals surface area (Å²) in [6, 6.07) is 7.58. The minimum Gasteiger partial charge on any atom is -0.321 e. The third-order valence-corrected chi connectivity index (χ3v) is 8.12. The largest absolute Gasteiger partial charge is 0.321 e. The molecule has 5 rings (SSSR count). The molecule has 1 amide bonds. The summed E-state index contributed by atoms with van der Waals surface area (Å²) in [4.78, 5) is 18.3. The van der Waals surface area contributed by atoms with E-state index in [0.717, 1.165) is 35.3 Å². The minimum absolute atomic E-state index is 0.0719. The molecule has 31 heavy (non-hydrogen) atoms. The molecule has 1 N–H and O–H groups in total. The zero-order valence-electron chi connectivity index (χ0n) is 18.0. The van der Waals surface area contributed by atoms with E-state index in [9.17, 15) is 13.2 Å². The third kappa shape index (κ3) is 3.63. The fraction of sp³-hybridized carbons (Fsp3) is 0.435. The first kappa shape index (κ1) is 20.2. The van der Waals surface area contributed by atoms with Crippen LogP contribution in [0.25, 0.3) is 11.0 Å². The highest BCUT2D eigenvalue weighted by atomic mass is 32.2. The van der Waals surface area contributed by atoms with Crippen LogP contribution in [0.5, 0.6) is 0 Å². The van der Waals surface area contributed by atoms with E-state index in [0.29, 0.717) is 34.6 Å². The van der Waals surface area contributed by atoms with Gasteiger partial charge in [-0.25, -0.2) is 18.1 Å². The molecule has 1 aliphatic heterocycles. The van der Waals surface area contributed by atoms with Crippen molar-refractivity contribution in [2.24, 2.45) is 0 Å². The van der Waals surface area contributed by atoms with Crippen LogP contribution in [0, 0.1) is 20.8 Å². The van der Waals surface area contributed by atoms with Gasteiger partial charge < -0.3 is 5.32 Å². The molecule has 3 aromatic rings. The highest BCUT2D eigenvalue weighted by Gasteiger charge is 2.34. The Bertz CT molecular complexity index is 1300. The van der Waals surface area contributed by atoms with E-state index < -0.39 is 9.84 Å². The number of aryl methyl sites for hydroxylation is 3. The highest BCUT2D eigenvalue weighted by molar-refractivity contribution is 7.91. The number of carbonyl (C=O) groups is 1. The van der Waals surface area contributed by atoms with E-state index >= 15 is 0 Å². The quantitative estimate of drug-likeness (QED) is 0.668. The van der Waals surface area contributed by atoms with Crippen LogP contribution in [0.1, 0.15) is 64.1 Å². The molecule has 1 saturated carbocycles. The topological polar surface area (TPSA) is 93.9 Å². The molecule has 0 unspecified atom stereocenters. The Hall–Kier alpha value is -2.74. The Balaban J connectivity index is 1.63. The second-order valence-corrected chi connectivity index (χ2v) is 11.1. The minimum atomic E-state index is -3.06. The van der Waals surface area contributed by atoms with E-state index in [1.165, 1.54) is 0 Å². The Morgan fingerprint density at radius 3 is 2.45 bits per heavy atom. The van der Waals surface area contributed by atoms with Crippen molar-refractivity contribution in [3.63, 3.8) is 0 Å². The standard InChI is InChI=1S/C23H26N4O3S/c1-13-5-4-6-14(2)21(13)25-23(28)18-11-19(16-7-8-16)24-22-20(18)15(3)26-27(22)17-9-10-31(29,30)12-17/h4-6,11,16-17H,7-10,12H2,1-3H3,(H,25,28)/t17-/m1/s1. The molecule has 1 atom stereocenters. The van der Waals surface area contributed by atoms with E-state index in [4.69, 9.17) is 4.98 Å². The van der Waals surface area contributed by atoms with Crippen LogP contribution >= 0.6 is 0 Å². The molecule has 162 valence electrons. The van der Waals surface area contributed by atoms with E-state index in [1.54, 1.807) is 4.68 Å². The zero-order chi connectivity index (χ0) is 21.9. The number of hydrogen-bond acceptors (Lipinski definition) is 5. The molecule has 1 aromatic carbocycles. The number of benzene rings is 1. The number of para-hydroxylation sites is 1. The van der Waals surface area contributed by atoms with Crippen LogP contribution in [0.2, 0.25) is 0 Å². The number of fused-ring (bicyclic) bond motifs is 1. The molecule has 0 bridgehead atoms. The van der Waals surface area contributed by atoms with Gasteiger partial charge in [0, 0.05) is 17.3 Å². The third-order valence-electron chi connectivity index (χ3n) is 6.37. The summed E-state index contributed by atoms with van der Waals surface area (Å²) in [5.41, 5.74) is 5.59. The van der Waals surface area contributed by atoms with Crippen molar-refractivity contribution >= 4 is 32.5 Å². The van der Waals surface area contributed by atoms with Crippen molar-refractivity contribution in [3.05, 3.63) is 52.3 Å². The number of sulfone groups is 1. The fourth-order valence-electron chi connectivity index (χ4n) is 4.52. The van der Waals surface area contributed by atoms with Gasteiger partial charge in [0.25, 0.3) is 5.91 Å². The molecule has 8 heteroatoms.